The molecule has 2 aromatic rings. The molecule has 0 amide bonds. The van der Waals surface area contributed by atoms with E-state index in [-0.39, 0.29) is 5.25 Å². The minimum absolute atomic E-state index is 0.214. The van der Waals surface area contributed by atoms with Gasteiger partial charge in [0.2, 0.25) is 0 Å². The van der Waals surface area contributed by atoms with E-state index in [1.54, 1.807) is 11.0 Å². The van der Waals surface area contributed by atoms with E-state index in [4.69, 9.17) is 0 Å². The molecule has 0 aliphatic carbocycles. The second-order valence-electron chi connectivity index (χ2n) is 3.03. The van der Waals surface area contributed by atoms with Crippen molar-refractivity contribution in [1.82, 2.24) is 20.2 Å². The maximum atomic E-state index is 4.37. The molecule has 0 bridgehead atoms. The van der Waals surface area contributed by atoms with Gasteiger partial charge < -0.3 is 0 Å². The Balaban J connectivity index is 2.41. The molecular formula is C9H10N4S. The van der Waals surface area contributed by atoms with Gasteiger partial charge in [0.1, 0.15) is 6.33 Å². The van der Waals surface area contributed by atoms with Crippen LogP contribution in [0.4, 0.5) is 0 Å². The first-order chi connectivity index (χ1) is 6.77. The van der Waals surface area contributed by atoms with Gasteiger partial charge in [-0.15, -0.1) is 5.10 Å². The monoisotopic (exact) mass is 206 g/mol. The number of tetrazole rings is 1. The van der Waals surface area contributed by atoms with Gasteiger partial charge in [0, 0.05) is 5.25 Å². The molecule has 0 saturated heterocycles. The van der Waals surface area contributed by atoms with Crippen molar-refractivity contribution in [3.05, 3.63) is 36.2 Å². The van der Waals surface area contributed by atoms with E-state index in [1.165, 1.54) is 0 Å². The summed E-state index contributed by atoms with van der Waals surface area (Å²) in [5.41, 5.74) is 2.11. The molecule has 0 fully saturated rings. The van der Waals surface area contributed by atoms with Gasteiger partial charge in [-0.1, -0.05) is 12.1 Å². The summed E-state index contributed by atoms with van der Waals surface area (Å²) < 4.78 is 1.62. The average molecular weight is 206 g/mol. The molecular weight excluding hydrogens is 196 g/mol. The van der Waals surface area contributed by atoms with Gasteiger partial charge in [0.25, 0.3) is 0 Å². The lowest BCUT2D eigenvalue weighted by Gasteiger charge is -2.06. The van der Waals surface area contributed by atoms with Crippen LogP contribution in [0.3, 0.4) is 0 Å². The van der Waals surface area contributed by atoms with Crippen LogP contribution in [0.5, 0.6) is 0 Å². The number of rotatable bonds is 2. The lowest BCUT2D eigenvalue weighted by atomic mass is 10.1. The maximum absolute atomic E-state index is 4.37. The summed E-state index contributed by atoms with van der Waals surface area (Å²) in [6.07, 6.45) is 1.57. The highest BCUT2D eigenvalue weighted by atomic mass is 32.1. The van der Waals surface area contributed by atoms with Crippen molar-refractivity contribution in [3.8, 4) is 5.69 Å². The van der Waals surface area contributed by atoms with E-state index >= 15 is 0 Å². The van der Waals surface area contributed by atoms with Gasteiger partial charge in [0.15, 0.2) is 0 Å². The third kappa shape index (κ3) is 1.77. The molecule has 4 nitrogen and oxygen atoms in total. The molecule has 0 spiro atoms. The molecule has 1 heterocycles. The maximum Gasteiger partial charge on any atom is 0.143 e. The van der Waals surface area contributed by atoms with Crippen molar-refractivity contribution in [2.24, 2.45) is 0 Å². The van der Waals surface area contributed by atoms with Gasteiger partial charge in [0.05, 0.1) is 5.69 Å². The number of hydrogen-bond donors (Lipinski definition) is 1. The van der Waals surface area contributed by atoms with Crippen LogP contribution in [0.25, 0.3) is 5.69 Å². The highest BCUT2D eigenvalue weighted by Crippen LogP contribution is 2.20. The second-order valence-corrected chi connectivity index (χ2v) is 3.80. The van der Waals surface area contributed by atoms with Crippen LogP contribution in [0.15, 0.2) is 30.6 Å². The first-order valence-corrected chi connectivity index (χ1v) is 4.80. The Morgan fingerprint density at radius 3 is 2.93 bits per heavy atom. The standard InChI is InChI=1S/C9H10N4S/c1-7(14)8-3-2-4-9(5-8)13-6-10-11-12-13/h2-7,14H,1H3. The van der Waals surface area contributed by atoms with E-state index in [9.17, 15) is 0 Å². The molecule has 72 valence electrons. The highest BCUT2D eigenvalue weighted by Gasteiger charge is 2.02. The Morgan fingerprint density at radius 1 is 1.43 bits per heavy atom. The van der Waals surface area contributed by atoms with Crippen LogP contribution in [0, 0.1) is 0 Å². The Morgan fingerprint density at radius 2 is 2.29 bits per heavy atom. The van der Waals surface area contributed by atoms with Gasteiger partial charge in [-0.3, -0.25) is 0 Å². The van der Waals surface area contributed by atoms with Crippen LogP contribution in [-0.2, 0) is 0 Å². The third-order valence-corrected chi connectivity index (χ3v) is 2.26. The minimum atomic E-state index is 0.214. The Hall–Kier alpha value is -1.36. The SMILES string of the molecule is CC(S)c1cccc(-n2cnnn2)c1. The zero-order valence-corrected chi connectivity index (χ0v) is 8.59. The molecule has 0 aliphatic heterocycles. The smallest absolute Gasteiger partial charge is 0.143 e. The highest BCUT2D eigenvalue weighted by molar-refractivity contribution is 7.80. The zero-order chi connectivity index (χ0) is 9.97. The van der Waals surface area contributed by atoms with E-state index in [1.807, 2.05) is 31.2 Å². The predicted molar refractivity (Wildman–Crippen MR) is 56.6 cm³/mol. The van der Waals surface area contributed by atoms with Gasteiger partial charge in [-0.2, -0.15) is 12.6 Å². The van der Waals surface area contributed by atoms with Gasteiger partial charge in [-0.25, -0.2) is 4.68 Å². The Bertz CT molecular complexity index is 411. The van der Waals surface area contributed by atoms with Crippen LogP contribution in [0.2, 0.25) is 0 Å². The average Bonchev–Trinajstić information content (AvgIpc) is 2.71. The first-order valence-electron chi connectivity index (χ1n) is 4.29. The molecule has 1 aromatic carbocycles. The van der Waals surface area contributed by atoms with E-state index < -0.39 is 0 Å². The summed E-state index contributed by atoms with van der Waals surface area (Å²) in [4.78, 5) is 0. The summed E-state index contributed by atoms with van der Waals surface area (Å²) in [5.74, 6) is 0. The van der Waals surface area contributed by atoms with Crippen molar-refractivity contribution in [2.75, 3.05) is 0 Å². The molecule has 1 atom stereocenters. The number of aromatic nitrogens is 4. The largest absolute Gasteiger partial charge is 0.201 e. The van der Waals surface area contributed by atoms with Crippen molar-refractivity contribution in [3.63, 3.8) is 0 Å². The van der Waals surface area contributed by atoms with Crippen molar-refractivity contribution >= 4 is 12.6 Å². The van der Waals surface area contributed by atoms with Crippen LogP contribution in [-0.4, -0.2) is 20.2 Å². The molecule has 1 aromatic heterocycles. The Labute approximate surface area is 87.4 Å². The second kappa shape index (κ2) is 3.79. The normalized spacial score (nSPS) is 12.7. The number of hydrogen-bond acceptors (Lipinski definition) is 4. The van der Waals surface area contributed by atoms with Crippen molar-refractivity contribution < 1.29 is 0 Å². The summed E-state index contributed by atoms with van der Waals surface area (Å²) in [6, 6.07) is 7.98. The molecule has 0 radical (unpaired) electrons. The summed E-state index contributed by atoms with van der Waals surface area (Å²) in [7, 11) is 0. The summed E-state index contributed by atoms with van der Waals surface area (Å²) in [5, 5.41) is 11.2. The molecule has 1 unspecified atom stereocenters. The number of nitrogens with zero attached hydrogens (tertiary/aromatic N) is 4. The first kappa shape index (κ1) is 9.21. The fourth-order valence-corrected chi connectivity index (χ4v) is 1.37. The van der Waals surface area contributed by atoms with Crippen LogP contribution >= 0.6 is 12.6 Å². The summed E-state index contributed by atoms with van der Waals surface area (Å²) in [6.45, 7) is 2.03. The Kier molecular flexibility index (Phi) is 2.49. The quantitative estimate of drug-likeness (QED) is 0.760. The lowest BCUT2D eigenvalue weighted by molar-refractivity contribution is 0.788. The fourth-order valence-electron chi connectivity index (χ4n) is 1.21. The van der Waals surface area contributed by atoms with E-state index in [0.29, 0.717) is 0 Å². The minimum Gasteiger partial charge on any atom is -0.201 e. The molecule has 0 saturated carbocycles. The number of benzene rings is 1. The zero-order valence-electron chi connectivity index (χ0n) is 7.70. The molecule has 0 N–H and O–H groups in total. The fraction of sp³-hybridized carbons (Fsp3) is 0.222. The molecule has 14 heavy (non-hydrogen) atoms. The van der Waals surface area contributed by atoms with Crippen LogP contribution < -0.4 is 0 Å². The third-order valence-electron chi connectivity index (χ3n) is 1.97. The number of thiol groups is 1. The van der Waals surface area contributed by atoms with Gasteiger partial charge >= 0.3 is 0 Å². The molecule has 2 rings (SSSR count). The topological polar surface area (TPSA) is 43.6 Å². The van der Waals surface area contributed by atoms with Crippen molar-refractivity contribution in [2.45, 2.75) is 12.2 Å². The molecule has 0 aliphatic rings. The van der Waals surface area contributed by atoms with E-state index in [0.717, 1.165) is 11.3 Å². The van der Waals surface area contributed by atoms with Crippen molar-refractivity contribution in [1.29, 1.82) is 0 Å². The molecule has 5 heteroatoms. The van der Waals surface area contributed by atoms with Gasteiger partial charge in [-0.05, 0) is 35.0 Å². The van der Waals surface area contributed by atoms with Crippen LogP contribution in [0.1, 0.15) is 17.7 Å². The van der Waals surface area contributed by atoms with E-state index in [2.05, 4.69) is 28.2 Å². The summed E-state index contributed by atoms with van der Waals surface area (Å²) >= 11 is 4.37. The lowest BCUT2D eigenvalue weighted by Crippen LogP contribution is -1.96. The predicted octanol–water partition coefficient (Wildman–Crippen LogP) is 1.65.